The predicted molar refractivity (Wildman–Crippen MR) is 123 cm³/mol. The molecule has 1 aromatic carbocycles. The SMILES string of the molecule is CCNC(=NCc1cccc(C(N)=O)c1)NCCCN1CCCCCC1.I. The molecule has 1 fully saturated rings. The van der Waals surface area contributed by atoms with Gasteiger partial charge in [-0.15, -0.1) is 24.0 Å². The van der Waals surface area contributed by atoms with Crippen LogP contribution in [0.15, 0.2) is 29.3 Å². The minimum absolute atomic E-state index is 0. The highest BCUT2D eigenvalue weighted by Crippen LogP contribution is 2.09. The Labute approximate surface area is 180 Å². The average Bonchev–Trinajstić information content (AvgIpc) is 2.92. The highest BCUT2D eigenvalue weighted by atomic mass is 127. The zero-order valence-corrected chi connectivity index (χ0v) is 18.7. The lowest BCUT2D eigenvalue weighted by molar-refractivity contribution is 0.1000. The number of guanidine groups is 1. The number of primary amides is 1. The van der Waals surface area contributed by atoms with Gasteiger partial charge in [-0.05, 0) is 63.5 Å². The molecule has 0 bridgehead atoms. The number of hydrogen-bond donors (Lipinski definition) is 3. The lowest BCUT2D eigenvalue weighted by Crippen LogP contribution is -2.39. The Morgan fingerprint density at radius 3 is 2.59 bits per heavy atom. The van der Waals surface area contributed by atoms with E-state index in [0.717, 1.165) is 37.6 Å². The van der Waals surface area contributed by atoms with Crippen LogP contribution in [0, 0.1) is 0 Å². The van der Waals surface area contributed by atoms with Gasteiger partial charge in [0.1, 0.15) is 0 Å². The lowest BCUT2D eigenvalue weighted by atomic mass is 10.1. The van der Waals surface area contributed by atoms with Gasteiger partial charge in [0.2, 0.25) is 5.91 Å². The van der Waals surface area contributed by atoms with Crippen molar-refractivity contribution in [3.8, 4) is 0 Å². The molecule has 6 nitrogen and oxygen atoms in total. The standard InChI is InChI=1S/C20H33N5O.HI/c1-2-22-20(23-11-8-14-25-12-5-3-4-6-13-25)24-16-17-9-7-10-18(15-17)19(21)26;/h7,9-10,15H,2-6,8,11-14,16H2,1H3,(H2,21,26)(H2,22,23,24);1H. The Balaban J connectivity index is 0.00000364. The van der Waals surface area contributed by atoms with Crippen molar-refractivity contribution in [3.05, 3.63) is 35.4 Å². The van der Waals surface area contributed by atoms with Crippen LogP contribution in [-0.4, -0.2) is 49.5 Å². The van der Waals surface area contributed by atoms with E-state index in [1.807, 2.05) is 12.1 Å². The van der Waals surface area contributed by atoms with Gasteiger partial charge in [-0.2, -0.15) is 0 Å². The first-order valence-corrected chi connectivity index (χ1v) is 9.82. The third-order valence-corrected chi connectivity index (χ3v) is 4.62. The molecule has 0 radical (unpaired) electrons. The molecule has 0 aliphatic carbocycles. The summed E-state index contributed by atoms with van der Waals surface area (Å²) in [4.78, 5) is 18.5. The fourth-order valence-electron chi connectivity index (χ4n) is 3.20. The molecule has 1 heterocycles. The molecule has 152 valence electrons. The number of benzene rings is 1. The van der Waals surface area contributed by atoms with Crippen LogP contribution in [0.2, 0.25) is 0 Å². The molecule has 1 amide bonds. The Morgan fingerprint density at radius 2 is 1.93 bits per heavy atom. The summed E-state index contributed by atoms with van der Waals surface area (Å²) in [5.74, 6) is 0.405. The summed E-state index contributed by atoms with van der Waals surface area (Å²) in [5.41, 5.74) is 6.83. The van der Waals surface area contributed by atoms with Crippen molar-refractivity contribution in [2.24, 2.45) is 10.7 Å². The minimum atomic E-state index is -0.408. The maximum Gasteiger partial charge on any atom is 0.248 e. The van der Waals surface area contributed by atoms with Gasteiger partial charge in [0, 0.05) is 18.7 Å². The zero-order valence-electron chi connectivity index (χ0n) is 16.4. The summed E-state index contributed by atoms with van der Waals surface area (Å²) in [6.45, 7) is 7.93. The van der Waals surface area contributed by atoms with Gasteiger partial charge in [0.25, 0.3) is 0 Å². The van der Waals surface area contributed by atoms with Crippen molar-refractivity contribution in [1.29, 1.82) is 0 Å². The van der Waals surface area contributed by atoms with Crippen molar-refractivity contribution >= 4 is 35.8 Å². The molecule has 27 heavy (non-hydrogen) atoms. The minimum Gasteiger partial charge on any atom is -0.366 e. The molecule has 4 N–H and O–H groups in total. The summed E-state index contributed by atoms with van der Waals surface area (Å²) in [6.07, 6.45) is 6.54. The second-order valence-corrected chi connectivity index (χ2v) is 6.80. The van der Waals surface area contributed by atoms with Gasteiger partial charge >= 0.3 is 0 Å². The number of carbonyl (C=O) groups excluding carboxylic acids is 1. The molecule has 1 aliphatic rings. The van der Waals surface area contributed by atoms with Gasteiger partial charge in [-0.25, -0.2) is 4.99 Å². The normalized spacial score (nSPS) is 15.5. The Kier molecular flexibility index (Phi) is 12.1. The summed E-state index contributed by atoms with van der Waals surface area (Å²) >= 11 is 0. The molecular weight excluding hydrogens is 453 g/mol. The van der Waals surface area contributed by atoms with Crippen molar-refractivity contribution < 1.29 is 4.79 Å². The fraction of sp³-hybridized carbons (Fsp3) is 0.600. The third kappa shape index (κ3) is 9.41. The maximum absolute atomic E-state index is 11.3. The quantitative estimate of drug-likeness (QED) is 0.228. The monoisotopic (exact) mass is 487 g/mol. The number of aliphatic imine (C=N–C) groups is 1. The Morgan fingerprint density at radius 1 is 1.19 bits per heavy atom. The van der Waals surface area contributed by atoms with E-state index < -0.39 is 5.91 Å². The first-order chi connectivity index (χ1) is 12.7. The van der Waals surface area contributed by atoms with Crippen LogP contribution in [-0.2, 0) is 6.54 Å². The van der Waals surface area contributed by atoms with E-state index in [9.17, 15) is 4.79 Å². The molecule has 1 aliphatic heterocycles. The first-order valence-electron chi connectivity index (χ1n) is 9.82. The zero-order chi connectivity index (χ0) is 18.6. The maximum atomic E-state index is 11.3. The van der Waals surface area contributed by atoms with Crippen molar-refractivity contribution in [1.82, 2.24) is 15.5 Å². The predicted octanol–water partition coefficient (Wildman–Crippen LogP) is 2.72. The van der Waals surface area contributed by atoms with Gasteiger partial charge < -0.3 is 21.3 Å². The highest BCUT2D eigenvalue weighted by Gasteiger charge is 2.08. The number of likely N-dealkylation sites (tertiary alicyclic amines) is 1. The number of amides is 1. The second-order valence-electron chi connectivity index (χ2n) is 6.80. The highest BCUT2D eigenvalue weighted by molar-refractivity contribution is 14.0. The summed E-state index contributed by atoms with van der Waals surface area (Å²) in [5, 5.41) is 6.68. The van der Waals surface area contributed by atoms with Crippen molar-refractivity contribution in [2.75, 3.05) is 32.7 Å². The van der Waals surface area contributed by atoms with Crippen LogP contribution in [0.1, 0.15) is 54.9 Å². The lowest BCUT2D eigenvalue weighted by Gasteiger charge is -2.20. The van der Waals surface area contributed by atoms with Crippen molar-refractivity contribution in [2.45, 2.75) is 45.6 Å². The van der Waals surface area contributed by atoms with Crippen LogP contribution in [0.5, 0.6) is 0 Å². The molecule has 7 heteroatoms. The first kappa shape index (κ1) is 23.7. The van der Waals surface area contributed by atoms with Gasteiger partial charge in [-0.1, -0.05) is 25.0 Å². The number of carbonyl (C=O) groups is 1. The van der Waals surface area contributed by atoms with Gasteiger partial charge in [0.05, 0.1) is 6.54 Å². The molecule has 0 aromatic heterocycles. The number of rotatable bonds is 8. The van der Waals surface area contributed by atoms with Crippen LogP contribution in [0.4, 0.5) is 0 Å². The molecule has 0 saturated carbocycles. The van der Waals surface area contributed by atoms with E-state index in [4.69, 9.17) is 5.73 Å². The molecular formula is C20H34IN5O. The van der Waals surface area contributed by atoms with Crippen LogP contribution >= 0.6 is 24.0 Å². The van der Waals surface area contributed by atoms with E-state index in [-0.39, 0.29) is 24.0 Å². The van der Waals surface area contributed by atoms with Crippen molar-refractivity contribution in [3.63, 3.8) is 0 Å². The molecule has 0 unspecified atom stereocenters. The van der Waals surface area contributed by atoms with Gasteiger partial charge in [0.15, 0.2) is 5.96 Å². The number of halogens is 1. The van der Waals surface area contributed by atoms with E-state index in [2.05, 4.69) is 27.4 Å². The number of nitrogens with two attached hydrogens (primary N) is 1. The molecule has 1 saturated heterocycles. The molecule has 2 rings (SSSR count). The third-order valence-electron chi connectivity index (χ3n) is 4.62. The molecule has 0 atom stereocenters. The van der Waals surface area contributed by atoms with Gasteiger partial charge in [-0.3, -0.25) is 4.79 Å². The fourth-order valence-corrected chi connectivity index (χ4v) is 3.20. The molecule has 0 spiro atoms. The summed E-state index contributed by atoms with van der Waals surface area (Å²) < 4.78 is 0. The topological polar surface area (TPSA) is 82.7 Å². The van der Waals surface area contributed by atoms with E-state index >= 15 is 0 Å². The largest absolute Gasteiger partial charge is 0.366 e. The average molecular weight is 487 g/mol. The number of hydrogen-bond acceptors (Lipinski definition) is 3. The smallest absolute Gasteiger partial charge is 0.248 e. The van der Waals surface area contributed by atoms with E-state index in [1.165, 1.54) is 38.8 Å². The Bertz CT molecular complexity index is 585. The second kappa shape index (κ2) is 13.8. The summed E-state index contributed by atoms with van der Waals surface area (Å²) in [6, 6.07) is 7.32. The van der Waals surface area contributed by atoms with E-state index in [0.29, 0.717) is 12.1 Å². The number of nitrogens with one attached hydrogen (secondary N) is 2. The van der Waals surface area contributed by atoms with Crippen LogP contribution in [0.25, 0.3) is 0 Å². The summed E-state index contributed by atoms with van der Waals surface area (Å²) in [7, 11) is 0. The molecule has 1 aromatic rings. The van der Waals surface area contributed by atoms with Crippen LogP contribution < -0.4 is 16.4 Å². The van der Waals surface area contributed by atoms with Crippen LogP contribution in [0.3, 0.4) is 0 Å². The van der Waals surface area contributed by atoms with E-state index in [1.54, 1.807) is 12.1 Å². The Hall–Kier alpha value is -1.35. The number of nitrogens with zero attached hydrogens (tertiary/aromatic N) is 2.